The van der Waals surface area contributed by atoms with Crippen LogP contribution in [0.3, 0.4) is 0 Å². The van der Waals surface area contributed by atoms with Gasteiger partial charge in [-0.05, 0) is 44.0 Å². The molecule has 0 aliphatic carbocycles. The van der Waals surface area contributed by atoms with Crippen LogP contribution in [0.15, 0.2) is 36.5 Å². The maximum absolute atomic E-state index is 12.8. The van der Waals surface area contributed by atoms with Gasteiger partial charge in [0.25, 0.3) is 5.91 Å². The third kappa shape index (κ3) is 3.72. The van der Waals surface area contributed by atoms with Gasteiger partial charge in [-0.1, -0.05) is 17.7 Å². The zero-order chi connectivity index (χ0) is 21.4. The number of aryl methyl sites for hydroxylation is 2. The lowest BCUT2D eigenvalue weighted by Gasteiger charge is -2.21. The molecule has 0 spiro atoms. The number of nitrogens with zero attached hydrogens (tertiary/aromatic N) is 5. The Morgan fingerprint density at radius 2 is 1.93 bits per heavy atom. The van der Waals surface area contributed by atoms with Gasteiger partial charge in [0, 0.05) is 45.0 Å². The van der Waals surface area contributed by atoms with Crippen LogP contribution in [0.2, 0.25) is 0 Å². The lowest BCUT2D eigenvalue weighted by molar-refractivity contribution is 0.102. The molecule has 1 atom stereocenters. The highest BCUT2D eigenvalue weighted by atomic mass is 16.2. The molecule has 1 aliphatic rings. The minimum absolute atomic E-state index is 0.000134. The van der Waals surface area contributed by atoms with Crippen LogP contribution in [0, 0.1) is 13.8 Å². The molecule has 4 rings (SSSR count). The molecule has 1 saturated heterocycles. The highest BCUT2D eigenvalue weighted by Gasteiger charge is 2.31. The topological polar surface area (TPSA) is 82.8 Å². The van der Waals surface area contributed by atoms with Gasteiger partial charge in [-0.25, -0.2) is 4.79 Å². The quantitative estimate of drug-likeness (QED) is 0.725. The monoisotopic (exact) mass is 406 g/mol. The highest BCUT2D eigenvalue weighted by molar-refractivity contribution is 6.04. The SMILES string of the molecule is Cc1ccc(NC(=O)c2ccc3nnc(C4CCN(C(=O)N(C)C)C4)n3c2)c(C)c1. The Labute approximate surface area is 175 Å². The van der Waals surface area contributed by atoms with Crippen LogP contribution in [-0.2, 0) is 0 Å². The molecule has 2 aromatic heterocycles. The van der Waals surface area contributed by atoms with Crippen molar-refractivity contribution in [1.82, 2.24) is 24.4 Å². The van der Waals surface area contributed by atoms with E-state index in [1.807, 2.05) is 41.3 Å². The summed E-state index contributed by atoms with van der Waals surface area (Å²) in [6.07, 6.45) is 2.60. The fourth-order valence-corrected chi connectivity index (χ4v) is 3.90. The first-order valence-corrected chi connectivity index (χ1v) is 10.0. The standard InChI is InChI=1S/C22H26N6O2/c1-14-5-7-18(15(2)11-14)23-21(29)17-6-8-19-24-25-20(28(19)13-17)16-9-10-27(12-16)22(30)26(3)4/h5-8,11,13,16H,9-10,12H2,1-4H3,(H,23,29). The first-order valence-electron chi connectivity index (χ1n) is 10.0. The second-order valence-corrected chi connectivity index (χ2v) is 8.09. The number of nitrogens with one attached hydrogen (secondary N) is 1. The lowest BCUT2D eigenvalue weighted by atomic mass is 10.1. The second-order valence-electron chi connectivity index (χ2n) is 8.09. The summed E-state index contributed by atoms with van der Waals surface area (Å²) in [5, 5.41) is 11.6. The lowest BCUT2D eigenvalue weighted by Crippen LogP contribution is -2.37. The van der Waals surface area contributed by atoms with E-state index in [4.69, 9.17) is 0 Å². The van der Waals surface area contributed by atoms with Crippen molar-refractivity contribution in [3.05, 3.63) is 59.0 Å². The molecule has 0 bridgehead atoms. The van der Waals surface area contributed by atoms with Crippen LogP contribution < -0.4 is 5.32 Å². The van der Waals surface area contributed by atoms with Gasteiger partial charge in [-0.2, -0.15) is 0 Å². The van der Waals surface area contributed by atoms with Crippen molar-refractivity contribution in [3.63, 3.8) is 0 Å². The molecule has 1 fully saturated rings. The van der Waals surface area contributed by atoms with Crippen LogP contribution in [0.4, 0.5) is 10.5 Å². The van der Waals surface area contributed by atoms with Crippen LogP contribution in [-0.4, -0.2) is 63.5 Å². The smallest absolute Gasteiger partial charge is 0.319 e. The van der Waals surface area contributed by atoms with Crippen molar-refractivity contribution in [2.75, 3.05) is 32.5 Å². The molecule has 0 radical (unpaired) electrons. The third-order valence-electron chi connectivity index (χ3n) is 5.53. The molecule has 156 valence electrons. The van der Waals surface area contributed by atoms with E-state index in [0.29, 0.717) is 24.3 Å². The van der Waals surface area contributed by atoms with Gasteiger partial charge in [0.15, 0.2) is 5.65 Å². The van der Waals surface area contributed by atoms with Gasteiger partial charge in [0.1, 0.15) is 5.82 Å². The van der Waals surface area contributed by atoms with Crippen molar-refractivity contribution in [2.45, 2.75) is 26.2 Å². The number of amides is 3. The number of likely N-dealkylation sites (tertiary alicyclic amines) is 1. The zero-order valence-electron chi connectivity index (χ0n) is 17.7. The maximum Gasteiger partial charge on any atom is 0.319 e. The number of carbonyl (C=O) groups is 2. The molecular formula is C22H26N6O2. The number of aromatic nitrogens is 3. The van der Waals surface area contributed by atoms with Gasteiger partial charge < -0.3 is 15.1 Å². The molecule has 1 N–H and O–H groups in total. The summed E-state index contributed by atoms with van der Waals surface area (Å²) in [7, 11) is 3.51. The van der Waals surface area contributed by atoms with Crippen molar-refractivity contribution < 1.29 is 9.59 Å². The highest BCUT2D eigenvalue weighted by Crippen LogP contribution is 2.27. The van der Waals surface area contributed by atoms with Crippen molar-refractivity contribution >= 4 is 23.3 Å². The van der Waals surface area contributed by atoms with Crippen LogP contribution in [0.5, 0.6) is 0 Å². The summed E-state index contributed by atoms with van der Waals surface area (Å²) in [5.74, 6) is 0.682. The van der Waals surface area contributed by atoms with E-state index in [2.05, 4.69) is 15.5 Å². The number of hydrogen-bond donors (Lipinski definition) is 1. The van der Waals surface area contributed by atoms with E-state index in [1.165, 1.54) is 0 Å². The van der Waals surface area contributed by atoms with E-state index < -0.39 is 0 Å². The summed E-state index contributed by atoms with van der Waals surface area (Å²) in [4.78, 5) is 28.5. The molecule has 3 aromatic rings. The van der Waals surface area contributed by atoms with E-state index in [1.54, 1.807) is 37.3 Å². The first kappa shape index (κ1) is 19.9. The maximum atomic E-state index is 12.8. The number of rotatable bonds is 3. The largest absolute Gasteiger partial charge is 0.331 e. The number of carbonyl (C=O) groups excluding carboxylic acids is 2. The van der Waals surface area contributed by atoms with Crippen LogP contribution >= 0.6 is 0 Å². The Bertz CT molecular complexity index is 1120. The predicted molar refractivity (Wildman–Crippen MR) is 115 cm³/mol. The molecule has 8 heteroatoms. The summed E-state index contributed by atoms with van der Waals surface area (Å²) >= 11 is 0. The number of anilines is 1. The fraction of sp³-hybridized carbons (Fsp3) is 0.364. The molecule has 1 aliphatic heterocycles. The van der Waals surface area contributed by atoms with Gasteiger partial charge in [0.2, 0.25) is 0 Å². The molecule has 3 heterocycles. The van der Waals surface area contributed by atoms with Crippen molar-refractivity contribution in [2.24, 2.45) is 0 Å². The minimum atomic E-state index is -0.181. The second kappa shape index (κ2) is 7.78. The zero-order valence-corrected chi connectivity index (χ0v) is 17.7. The third-order valence-corrected chi connectivity index (χ3v) is 5.53. The van der Waals surface area contributed by atoms with Gasteiger partial charge >= 0.3 is 6.03 Å². The van der Waals surface area contributed by atoms with Gasteiger partial charge in [-0.15, -0.1) is 10.2 Å². The number of benzene rings is 1. The molecule has 30 heavy (non-hydrogen) atoms. The van der Waals surface area contributed by atoms with Gasteiger partial charge in [-0.3, -0.25) is 9.20 Å². The number of urea groups is 1. The summed E-state index contributed by atoms with van der Waals surface area (Å²) in [5.41, 5.74) is 4.18. The first-order chi connectivity index (χ1) is 14.3. The summed E-state index contributed by atoms with van der Waals surface area (Å²) < 4.78 is 1.87. The predicted octanol–water partition coefficient (Wildman–Crippen LogP) is 3.07. The average Bonchev–Trinajstić information content (AvgIpc) is 3.35. The van der Waals surface area contributed by atoms with Gasteiger partial charge in [0.05, 0.1) is 5.56 Å². The molecule has 1 aromatic carbocycles. The summed E-state index contributed by atoms with van der Waals surface area (Å²) in [6, 6.07) is 9.48. The Morgan fingerprint density at radius 3 is 2.67 bits per heavy atom. The van der Waals surface area contributed by atoms with E-state index in [0.717, 1.165) is 29.1 Å². The average molecular weight is 406 g/mol. The molecular weight excluding hydrogens is 380 g/mol. The molecule has 8 nitrogen and oxygen atoms in total. The Hall–Kier alpha value is -3.42. The van der Waals surface area contributed by atoms with Crippen molar-refractivity contribution in [1.29, 1.82) is 0 Å². The van der Waals surface area contributed by atoms with E-state index in [9.17, 15) is 9.59 Å². The van der Waals surface area contributed by atoms with Crippen molar-refractivity contribution in [3.8, 4) is 0 Å². The number of pyridine rings is 1. The molecule has 1 unspecified atom stereocenters. The van der Waals surface area contributed by atoms with E-state index in [-0.39, 0.29) is 17.9 Å². The molecule has 3 amide bonds. The Balaban J connectivity index is 1.57. The van der Waals surface area contributed by atoms with E-state index >= 15 is 0 Å². The summed E-state index contributed by atoms with van der Waals surface area (Å²) in [6.45, 7) is 5.28. The Morgan fingerprint density at radius 1 is 1.13 bits per heavy atom. The Kier molecular flexibility index (Phi) is 5.15. The number of fused-ring (bicyclic) bond motifs is 1. The normalized spacial score (nSPS) is 16.1. The molecule has 0 saturated carbocycles. The van der Waals surface area contributed by atoms with Crippen LogP contribution in [0.25, 0.3) is 5.65 Å². The number of hydrogen-bond acceptors (Lipinski definition) is 4. The fourth-order valence-electron chi connectivity index (χ4n) is 3.90. The minimum Gasteiger partial charge on any atom is -0.331 e. The van der Waals surface area contributed by atoms with Crippen LogP contribution in [0.1, 0.15) is 39.6 Å².